The van der Waals surface area contributed by atoms with Crippen LogP contribution in [0.1, 0.15) is 15.9 Å². The molecule has 146 valence electrons. The van der Waals surface area contributed by atoms with Gasteiger partial charge in [-0.2, -0.15) is 13.2 Å². The first kappa shape index (κ1) is 20.5. The average molecular weight is 404 g/mol. The van der Waals surface area contributed by atoms with E-state index in [0.717, 1.165) is 6.26 Å². The van der Waals surface area contributed by atoms with Crippen LogP contribution in [0.3, 0.4) is 0 Å². The summed E-state index contributed by atoms with van der Waals surface area (Å²) < 4.78 is 70.8. The van der Waals surface area contributed by atoms with Crippen molar-refractivity contribution in [2.24, 2.45) is 0 Å². The second-order valence-electron chi connectivity index (χ2n) is 5.40. The first-order chi connectivity index (χ1) is 12.5. The molecule has 0 saturated heterocycles. The third-order valence-electron chi connectivity index (χ3n) is 3.00. The van der Waals surface area contributed by atoms with Crippen molar-refractivity contribution < 1.29 is 35.9 Å². The molecule has 0 bridgehead atoms. The smallest absolute Gasteiger partial charge is 0.422 e. The fourth-order valence-electron chi connectivity index (χ4n) is 1.89. The van der Waals surface area contributed by atoms with Crippen LogP contribution in [0.25, 0.3) is 0 Å². The van der Waals surface area contributed by atoms with Crippen molar-refractivity contribution >= 4 is 15.9 Å². The number of pyridine rings is 1. The number of rotatable bonds is 7. The van der Waals surface area contributed by atoms with Gasteiger partial charge in [-0.1, -0.05) is 12.1 Å². The van der Waals surface area contributed by atoms with E-state index in [2.05, 4.69) is 9.72 Å². The molecule has 0 radical (unpaired) electrons. The summed E-state index contributed by atoms with van der Waals surface area (Å²) in [6, 6.07) is 8.71. The zero-order chi connectivity index (χ0) is 20.1. The van der Waals surface area contributed by atoms with Crippen molar-refractivity contribution in [2.45, 2.75) is 12.8 Å². The highest BCUT2D eigenvalue weighted by molar-refractivity contribution is 7.89. The van der Waals surface area contributed by atoms with E-state index in [4.69, 9.17) is 4.74 Å². The molecule has 0 atom stereocenters. The molecule has 1 aromatic heterocycles. The maximum Gasteiger partial charge on any atom is 0.422 e. The van der Waals surface area contributed by atoms with Crippen molar-refractivity contribution in [1.29, 1.82) is 0 Å². The van der Waals surface area contributed by atoms with Gasteiger partial charge in [0.1, 0.15) is 6.61 Å². The largest absolute Gasteiger partial charge is 0.483 e. The molecule has 2 aromatic rings. The third kappa shape index (κ3) is 7.13. The van der Waals surface area contributed by atoms with Crippen LogP contribution in [-0.2, 0) is 16.6 Å². The highest BCUT2D eigenvalue weighted by Crippen LogP contribution is 2.26. The quantitative estimate of drug-likeness (QED) is 0.761. The Bertz CT molecular complexity index is 899. The molecular formula is C16H15F3N2O5S. The lowest BCUT2D eigenvalue weighted by Crippen LogP contribution is -2.29. The van der Waals surface area contributed by atoms with Gasteiger partial charge in [0.25, 0.3) is 11.8 Å². The van der Waals surface area contributed by atoms with Crippen LogP contribution in [0.4, 0.5) is 13.2 Å². The summed E-state index contributed by atoms with van der Waals surface area (Å²) in [6.07, 6.45) is -2.37. The third-order valence-corrected chi connectivity index (χ3v) is 3.55. The van der Waals surface area contributed by atoms with Crippen LogP contribution in [0, 0.1) is 0 Å². The Balaban J connectivity index is 2.00. The molecule has 0 unspecified atom stereocenters. The van der Waals surface area contributed by atoms with Crippen molar-refractivity contribution in [2.75, 3.05) is 12.9 Å². The van der Waals surface area contributed by atoms with E-state index in [-0.39, 0.29) is 23.8 Å². The van der Waals surface area contributed by atoms with Gasteiger partial charge >= 0.3 is 6.18 Å². The maximum atomic E-state index is 12.3. The van der Waals surface area contributed by atoms with Gasteiger partial charge in [-0.15, -0.1) is 0 Å². The Morgan fingerprint density at radius 1 is 1.15 bits per heavy atom. The number of alkyl halides is 3. The first-order valence-corrected chi connectivity index (χ1v) is 9.31. The van der Waals surface area contributed by atoms with Gasteiger partial charge in [0, 0.05) is 11.8 Å². The topological polar surface area (TPSA) is 94.6 Å². The Labute approximate surface area is 153 Å². The maximum absolute atomic E-state index is 12.3. The van der Waals surface area contributed by atoms with Crippen molar-refractivity contribution in [3.05, 3.63) is 53.7 Å². The molecule has 11 heteroatoms. The minimum absolute atomic E-state index is 0.0257. The van der Waals surface area contributed by atoms with Gasteiger partial charge in [-0.05, 0) is 29.8 Å². The zero-order valence-corrected chi connectivity index (χ0v) is 14.8. The average Bonchev–Trinajstić information content (AvgIpc) is 2.57. The van der Waals surface area contributed by atoms with E-state index in [1.54, 1.807) is 0 Å². The molecule has 0 aliphatic heterocycles. The Kier molecular flexibility index (Phi) is 6.26. The normalized spacial score (nSPS) is 11.7. The fraction of sp³-hybridized carbons (Fsp3) is 0.250. The van der Waals surface area contributed by atoms with Crippen LogP contribution in [-0.4, -0.2) is 38.3 Å². The lowest BCUT2D eigenvalue weighted by atomic mass is 10.1. The van der Waals surface area contributed by atoms with Gasteiger partial charge in [0.15, 0.2) is 12.4 Å². The standard InChI is InChI=1S/C16H15F3N2O5S/c1-27(23,24)21-14(22)12-6-4-11(5-7-12)9-25-13-3-2-8-20-15(13)26-10-16(17,18)19/h2-8H,9-10H2,1H3,(H,21,22). The summed E-state index contributed by atoms with van der Waals surface area (Å²) in [6.45, 7) is -1.52. The molecule has 1 aromatic carbocycles. The summed E-state index contributed by atoms with van der Waals surface area (Å²) in [5.41, 5.74) is 0.719. The van der Waals surface area contributed by atoms with E-state index in [1.165, 1.54) is 42.6 Å². The number of carbonyl (C=O) groups is 1. The molecule has 0 spiro atoms. The van der Waals surface area contributed by atoms with Gasteiger partial charge in [-0.3, -0.25) is 4.79 Å². The van der Waals surface area contributed by atoms with Crippen molar-refractivity contribution in [3.8, 4) is 11.6 Å². The number of hydrogen-bond donors (Lipinski definition) is 1. The molecule has 0 fully saturated rings. The summed E-state index contributed by atoms with van der Waals surface area (Å²) in [4.78, 5) is 15.4. The Morgan fingerprint density at radius 2 is 1.81 bits per heavy atom. The molecule has 1 N–H and O–H groups in total. The lowest BCUT2D eigenvalue weighted by Gasteiger charge is -2.13. The Hall–Kier alpha value is -2.82. The molecule has 2 rings (SSSR count). The zero-order valence-electron chi connectivity index (χ0n) is 14.0. The number of aromatic nitrogens is 1. The molecule has 7 nitrogen and oxygen atoms in total. The number of hydrogen-bond acceptors (Lipinski definition) is 6. The summed E-state index contributed by atoms with van der Waals surface area (Å²) in [5, 5.41) is 0. The van der Waals surface area contributed by atoms with Gasteiger partial charge in [0.2, 0.25) is 10.0 Å². The number of carbonyl (C=O) groups excluding carboxylic acids is 1. The van der Waals surface area contributed by atoms with Gasteiger partial charge < -0.3 is 9.47 Å². The first-order valence-electron chi connectivity index (χ1n) is 7.42. The molecule has 1 amide bonds. The van der Waals surface area contributed by atoms with Crippen LogP contribution in [0.15, 0.2) is 42.6 Å². The summed E-state index contributed by atoms with van der Waals surface area (Å²) >= 11 is 0. The minimum atomic E-state index is -4.50. The van der Waals surface area contributed by atoms with E-state index in [0.29, 0.717) is 5.56 Å². The molecule has 0 aliphatic carbocycles. The fourth-order valence-corrected chi connectivity index (χ4v) is 2.34. The predicted molar refractivity (Wildman–Crippen MR) is 88.9 cm³/mol. The lowest BCUT2D eigenvalue weighted by molar-refractivity contribution is -0.154. The molecule has 27 heavy (non-hydrogen) atoms. The number of nitrogens with zero attached hydrogens (tertiary/aromatic N) is 1. The predicted octanol–water partition coefficient (Wildman–Crippen LogP) is 2.29. The van der Waals surface area contributed by atoms with Crippen LogP contribution in [0.2, 0.25) is 0 Å². The van der Waals surface area contributed by atoms with E-state index in [9.17, 15) is 26.4 Å². The second kappa shape index (κ2) is 8.25. The highest BCUT2D eigenvalue weighted by Gasteiger charge is 2.29. The second-order valence-corrected chi connectivity index (χ2v) is 7.15. The van der Waals surface area contributed by atoms with Crippen molar-refractivity contribution in [1.82, 2.24) is 9.71 Å². The highest BCUT2D eigenvalue weighted by atomic mass is 32.2. The SMILES string of the molecule is CS(=O)(=O)NC(=O)c1ccc(COc2cccnc2OCC(F)(F)F)cc1. The number of amides is 1. The summed E-state index contributed by atoms with van der Waals surface area (Å²) in [7, 11) is -3.67. The minimum Gasteiger partial charge on any atom is -0.483 e. The van der Waals surface area contributed by atoms with Crippen LogP contribution >= 0.6 is 0 Å². The van der Waals surface area contributed by atoms with Gasteiger partial charge in [0.05, 0.1) is 6.26 Å². The number of ether oxygens (including phenoxy) is 2. The number of nitrogens with one attached hydrogen (secondary N) is 1. The number of halogens is 3. The number of benzene rings is 1. The Morgan fingerprint density at radius 3 is 2.41 bits per heavy atom. The molecule has 0 saturated carbocycles. The van der Waals surface area contributed by atoms with E-state index < -0.39 is 28.7 Å². The van der Waals surface area contributed by atoms with Crippen molar-refractivity contribution in [3.63, 3.8) is 0 Å². The van der Waals surface area contributed by atoms with E-state index >= 15 is 0 Å². The van der Waals surface area contributed by atoms with Crippen LogP contribution in [0.5, 0.6) is 11.6 Å². The molecule has 1 heterocycles. The summed E-state index contributed by atoms with van der Waals surface area (Å²) in [5.74, 6) is -1.04. The van der Waals surface area contributed by atoms with E-state index in [1.807, 2.05) is 4.72 Å². The monoisotopic (exact) mass is 404 g/mol. The molecular weight excluding hydrogens is 389 g/mol. The molecule has 0 aliphatic rings. The van der Waals surface area contributed by atoms with Crippen LogP contribution < -0.4 is 14.2 Å². The number of sulfonamides is 1. The van der Waals surface area contributed by atoms with Gasteiger partial charge in [-0.25, -0.2) is 18.1 Å².